The molecule has 2 unspecified atom stereocenters. The molecule has 1 aliphatic carbocycles. The molecule has 2 aliphatic rings. The van der Waals surface area contributed by atoms with Crippen LogP contribution in [0.5, 0.6) is 0 Å². The minimum absolute atomic E-state index is 0.147. The van der Waals surface area contributed by atoms with Crippen LogP contribution in [0, 0.1) is 11.8 Å². The summed E-state index contributed by atoms with van der Waals surface area (Å²) in [6, 6.07) is 6.98. The first-order valence-electron chi connectivity index (χ1n) is 7.28. The van der Waals surface area contributed by atoms with Gasteiger partial charge in [-0.05, 0) is 36.8 Å². The van der Waals surface area contributed by atoms with Gasteiger partial charge in [0.05, 0.1) is 11.1 Å². The van der Waals surface area contributed by atoms with Gasteiger partial charge in [0.2, 0.25) is 0 Å². The zero-order valence-corrected chi connectivity index (χ0v) is 11.4. The van der Waals surface area contributed by atoms with Crippen molar-refractivity contribution in [1.29, 1.82) is 0 Å². The van der Waals surface area contributed by atoms with Crippen molar-refractivity contribution in [3.63, 3.8) is 0 Å². The van der Waals surface area contributed by atoms with E-state index in [1.165, 1.54) is 4.90 Å². The van der Waals surface area contributed by atoms with Gasteiger partial charge in [-0.1, -0.05) is 25.0 Å². The number of imide groups is 1. The molecule has 1 aromatic rings. The Hall–Kier alpha value is -1.68. The number of aliphatic hydroxyl groups is 1. The van der Waals surface area contributed by atoms with Gasteiger partial charge in [-0.3, -0.25) is 14.5 Å². The van der Waals surface area contributed by atoms with Gasteiger partial charge in [0.1, 0.15) is 0 Å². The first-order chi connectivity index (χ1) is 9.72. The quantitative estimate of drug-likeness (QED) is 0.858. The van der Waals surface area contributed by atoms with E-state index in [1.807, 2.05) is 0 Å². The van der Waals surface area contributed by atoms with Crippen molar-refractivity contribution in [1.82, 2.24) is 4.90 Å². The number of fused-ring (bicyclic) bond motifs is 1. The van der Waals surface area contributed by atoms with Crippen LogP contribution in [0.15, 0.2) is 24.3 Å². The number of carbonyl (C=O) groups excluding carboxylic acids is 2. The van der Waals surface area contributed by atoms with Crippen molar-refractivity contribution in [2.24, 2.45) is 11.8 Å². The van der Waals surface area contributed by atoms with E-state index in [4.69, 9.17) is 0 Å². The predicted octanol–water partition coefficient (Wildman–Crippen LogP) is 2.08. The lowest BCUT2D eigenvalue weighted by atomic mass is 9.79. The topological polar surface area (TPSA) is 57.6 Å². The molecule has 0 saturated heterocycles. The SMILES string of the molecule is O=C1c2ccccc2C(=O)N1CC1CCCCC1CO. The van der Waals surface area contributed by atoms with E-state index in [-0.39, 0.29) is 30.3 Å². The Morgan fingerprint density at radius 2 is 1.55 bits per heavy atom. The summed E-state index contributed by atoms with van der Waals surface area (Å²) in [5, 5.41) is 9.45. The zero-order valence-electron chi connectivity index (χ0n) is 11.4. The third-order valence-electron chi connectivity index (χ3n) is 4.60. The molecule has 0 radical (unpaired) electrons. The third-order valence-corrected chi connectivity index (χ3v) is 4.60. The molecule has 1 heterocycles. The maximum Gasteiger partial charge on any atom is 0.261 e. The van der Waals surface area contributed by atoms with Gasteiger partial charge in [-0.25, -0.2) is 0 Å². The Morgan fingerprint density at radius 1 is 1.00 bits per heavy atom. The summed E-state index contributed by atoms with van der Waals surface area (Å²) in [4.78, 5) is 26.0. The summed E-state index contributed by atoms with van der Waals surface area (Å²) in [5.41, 5.74) is 1.02. The van der Waals surface area contributed by atoms with Crippen LogP contribution in [0.4, 0.5) is 0 Å². The number of carbonyl (C=O) groups is 2. The molecule has 4 nitrogen and oxygen atoms in total. The van der Waals surface area contributed by atoms with Crippen molar-refractivity contribution < 1.29 is 14.7 Å². The number of hydrogen-bond acceptors (Lipinski definition) is 3. The monoisotopic (exact) mass is 273 g/mol. The Kier molecular flexibility index (Phi) is 3.57. The number of nitrogens with zero attached hydrogens (tertiary/aromatic N) is 1. The maximum absolute atomic E-state index is 12.3. The van der Waals surface area contributed by atoms with Crippen molar-refractivity contribution in [2.45, 2.75) is 25.7 Å². The smallest absolute Gasteiger partial charge is 0.261 e. The average molecular weight is 273 g/mol. The van der Waals surface area contributed by atoms with Gasteiger partial charge in [-0.2, -0.15) is 0 Å². The van der Waals surface area contributed by atoms with E-state index < -0.39 is 0 Å². The Labute approximate surface area is 118 Å². The summed E-state index contributed by atoms with van der Waals surface area (Å²) in [5.74, 6) is 0.0738. The Bertz CT molecular complexity index is 505. The molecule has 3 rings (SSSR count). The molecule has 2 atom stereocenters. The highest BCUT2D eigenvalue weighted by Crippen LogP contribution is 2.32. The van der Waals surface area contributed by atoms with Crippen LogP contribution < -0.4 is 0 Å². The second-order valence-electron chi connectivity index (χ2n) is 5.75. The van der Waals surface area contributed by atoms with E-state index in [0.29, 0.717) is 17.7 Å². The number of benzene rings is 1. The fourth-order valence-electron chi connectivity index (χ4n) is 3.40. The third kappa shape index (κ3) is 2.14. The summed E-state index contributed by atoms with van der Waals surface area (Å²) < 4.78 is 0. The molecule has 1 aliphatic heterocycles. The highest BCUT2D eigenvalue weighted by molar-refractivity contribution is 6.21. The normalized spacial score (nSPS) is 25.9. The zero-order chi connectivity index (χ0) is 14.1. The molecule has 0 aromatic heterocycles. The molecule has 1 N–H and O–H groups in total. The summed E-state index contributed by atoms with van der Waals surface area (Å²) in [6.45, 7) is 0.589. The lowest BCUT2D eigenvalue weighted by Gasteiger charge is -2.32. The molecular weight excluding hydrogens is 254 g/mol. The minimum atomic E-state index is -0.187. The molecule has 1 fully saturated rings. The maximum atomic E-state index is 12.3. The standard InChI is InChI=1S/C16H19NO3/c18-10-12-6-2-1-5-11(12)9-17-15(19)13-7-3-4-8-14(13)16(17)20/h3-4,7-8,11-12,18H,1-2,5-6,9-10H2. The molecule has 20 heavy (non-hydrogen) atoms. The van der Waals surface area contributed by atoms with E-state index in [9.17, 15) is 14.7 Å². The van der Waals surface area contributed by atoms with Crippen molar-refractivity contribution in [3.8, 4) is 0 Å². The first-order valence-corrected chi connectivity index (χ1v) is 7.28. The fraction of sp³-hybridized carbons (Fsp3) is 0.500. The Balaban J connectivity index is 1.79. The number of rotatable bonds is 3. The number of aliphatic hydroxyl groups excluding tert-OH is 1. The number of amides is 2. The van der Waals surface area contributed by atoms with Crippen LogP contribution in [0.1, 0.15) is 46.4 Å². The highest BCUT2D eigenvalue weighted by Gasteiger charge is 2.38. The van der Waals surface area contributed by atoms with Gasteiger partial charge in [0.15, 0.2) is 0 Å². The lowest BCUT2D eigenvalue weighted by Crippen LogP contribution is -2.39. The summed E-state index contributed by atoms with van der Waals surface area (Å²) in [7, 11) is 0. The summed E-state index contributed by atoms with van der Waals surface area (Å²) >= 11 is 0. The van der Waals surface area contributed by atoms with Crippen LogP contribution >= 0.6 is 0 Å². The molecule has 0 bridgehead atoms. The van der Waals surface area contributed by atoms with E-state index in [0.717, 1.165) is 25.7 Å². The van der Waals surface area contributed by atoms with Crippen LogP contribution in [-0.4, -0.2) is 35.0 Å². The lowest BCUT2D eigenvalue weighted by molar-refractivity contribution is 0.0545. The average Bonchev–Trinajstić information content (AvgIpc) is 2.73. The van der Waals surface area contributed by atoms with Gasteiger partial charge in [0.25, 0.3) is 11.8 Å². The fourth-order valence-corrected chi connectivity index (χ4v) is 3.40. The minimum Gasteiger partial charge on any atom is -0.396 e. The Morgan fingerprint density at radius 3 is 2.10 bits per heavy atom. The molecule has 1 saturated carbocycles. The summed E-state index contributed by atoms with van der Waals surface area (Å²) in [6.07, 6.45) is 4.22. The largest absolute Gasteiger partial charge is 0.396 e. The van der Waals surface area contributed by atoms with Crippen molar-refractivity contribution >= 4 is 11.8 Å². The van der Waals surface area contributed by atoms with E-state index >= 15 is 0 Å². The van der Waals surface area contributed by atoms with Gasteiger partial charge < -0.3 is 5.11 Å². The van der Waals surface area contributed by atoms with E-state index in [2.05, 4.69) is 0 Å². The first kappa shape index (κ1) is 13.3. The van der Waals surface area contributed by atoms with Crippen LogP contribution in [0.25, 0.3) is 0 Å². The van der Waals surface area contributed by atoms with Gasteiger partial charge >= 0.3 is 0 Å². The van der Waals surface area contributed by atoms with Crippen LogP contribution in [-0.2, 0) is 0 Å². The predicted molar refractivity (Wildman–Crippen MR) is 74.3 cm³/mol. The number of hydrogen-bond donors (Lipinski definition) is 1. The van der Waals surface area contributed by atoms with Gasteiger partial charge in [0, 0.05) is 13.2 Å². The van der Waals surface area contributed by atoms with Gasteiger partial charge in [-0.15, -0.1) is 0 Å². The second-order valence-corrected chi connectivity index (χ2v) is 5.75. The highest BCUT2D eigenvalue weighted by atomic mass is 16.3. The second kappa shape index (κ2) is 5.37. The molecule has 2 amide bonds. The van der Waals surface area contributed by atoms with Crippen LogP contribution in [0.3, 0.4) is 0 Å². The molecule has 4 heteroatoms. The molecule has 1 aromatic carbocycles. The van der Waals surface area contributed by atoms with Crippen molar-refractivity contribution in [2.75, 3.05) is 13.2 Å². The molecular formula is C16H19NO3. The van der Waals surface area contributed by atoms with Crippen molar-refractivity contribution in [3.05, 3.63) is 35.4 Å². The molecule has 106 valence electrons. The van der Waals surface area contributed by atoms with Crippen LogP contribution in [0.2, 0.25) is 0 Å². The molecule has 0 spiro atoms. The van der Waals surface area contributed by atoms with E-state index in [1.54, 1.807) is 24.3 Å².